The van der Waals surface area contributed by atoms with Crippen molar-refractivity contribution >= 4 is 12.1 Å². The quantitative estimate of drug-likeness (QED) is 0.807. The van der Waals surface area contributed by atoms with Crippen LogP contribution in [-0.4, -0.2) is 39.8 Å². The SMILES string of the molecule is CC(C)(C)OC(=O)N1C[C@]2(C)[C@H]3CC[C@]2(C)[C@]1(C(=O)O)C3. The lowest BCUT2D eigenvalue weighted by atomic mass is 9.65. The molecule has 0 spiro atoms. The maximum absolute atomic E-state index is 12.6. The van der Waals surface area contributed by atoms with Crippen molar-refractivity contribution in [1.82, 2.24) is 4.90 Å². The number of carboxylic acids is 1. The van der Waals surface area contributed by atoms with E-state index in [-0.39, 0.29) is 10.8 Å². The van der Waals surface area contributed by atoms with Crippen molar-refractivity contribution in [3.8, 4) is 0 Å². The first kappa shape index (κ1) is 14.7. The van der Waals surface area contributed by atoms with Crippen molar-refractivity contribution < 1.29 is 19.4 Å². The fourth-order valence-electron chi connectivity index (χ4n) is 5.26. The van der Waals surface area contributed by atoms with Gasteiger partial charge in [-0.2, -0.15) is 0 Å². The van der Waals surface area contributed by atoms with E-state index in [0.29, 0.717) is 18.9 Å². The van der Waals surface area contributed by atoms with Crippen molar-refractivity contribution in [2.24, 2.45) is 16.7 Å². The van der Waals surface area contributed by atoms with Crippen LogP contribution in [0.2, 0.25) is 0 Å². The van der Waals surface area contributed by atoms with Crippen molar-refractivity contribution in [2.45, 2.75) is 65.0 Å². The molecule has 4 atom stereocenters. The van der Waals surface area contributed by atoms with Gasteiger partial charge in [0, 0.05) is 12.0 Å². The number of rotatable bonds is 1. The molecule has 5 nitrogen and oxygen atoms in total. The Kier molecular flexibility index (Phi) is 2.61. The lowest BCUT2D eigenvalue weighted by Gasteiger charge is -2.44. The van der Waals surface area contributed by atoms with Gasteiger partial charge in [0.25, 0.3) is 0 Å². The summed E-state index contributed by atoms with van der Waals surface area (Å²) in [5, 5.41) is 9.96. The Morgan fingerprint density at radius 2 is 1.90 bits per heavy atom. The molecule has 3 rings (SSSR count). The number of carbonyl (C=O) groups excluding carboxylic acids is 1. The highest BCUT2D eigenvalue weighted by Gasteiger charge is 2.81. The third-order valence-corrected chi connectivity index (χ3v) is 6.52. The molecule has 0 aromatic heterocycles. The van der Waals surface area contributed by atoms with Crippen LogP contribution in [-0.2, 0) is 9.53 Å². The van der Waals surface area contributed by atoms with E-state index in [0.717, 1.165) is 12.8 Å². The third kappa shape index (κ3) is 1.47. The van der Waals surface area contributed by atoms with E-state index in [4.69, 9.17) is 4.74 Å². The molecule has 1 aliphatic heterocycles. The zero-order chi connectivity index (χ0) is 15.8. The van der Waals surface area contributed by atoms with E-state index >= 15 is 0 Å². The van der Waals surface area contributed by atoms with Gasteiger partial charge in [0.15, 0.2) is 0 Å². The van der Waals surface area contributed by atoms with Crippen molar-refractivity contribution in [1.29, 1.82) is 0 Å². The molecule has 1 amide bonds. The fraction of sp³-hybridized carbons (Fsp3) is 0.875. The normalized spacial score (nSPS) is 44.2. The molecule has 0 aromatic rings. The predicted octanol–water partition coefficient (Wildman–Crippen LogP) is 2.89. The van der Waals surface area contributed by atoms with Crippen LogP contribution in [0.1, 0.15) is 53.9 Å². The summed E-state index contributed by atoms with van der Waals surface area (Å²) in [7, 11) is 0. The van der Waals surface area contributed by atoms with Crippen LogP contribution in [0.25, 0.3) is 0 Å². The average Bonchev–Trinajstić information content (AvgIpc) is 2.77. The first-order valence-electron chi connectivity index (χ1n) is 7.72. The van der Waals surface area contributed by atoms with Crippen LogP contribution < -0.4 is 0 Å². The number of carbonyl (C=O) groups is 2. The third-order valence-electron chi connectivity index (χ3n) is 6.52. The van der Waals surface area contributed by atoms with Crippen LogP contribution in [0.15, 0.2) is 0 Å². The van der Waals surface area contributed by atoms with Gasteiger partial charge in [-0.15, -0.1) is 0 Å². The number of hydrogen-bond donors (Lipinski definition) is 1. The summed E-state index contributed by atoms with van der Waals surface area (Å²) in [6, 6.07) is 0. The highest BCUT2D eigenvalue weighted by molar-refractivity contribution is 5.88. The van der Waals surface area contributed by atoms with Gasteiger partial charge < -0.3 is 9.84 Å². The Morgan fingerprint density at radius 3 is 2.38 bits per heavy atom. The lowest BCUT2D eigenvalue weighted by Crippen LogP contribution is -2.61. The number of likely N-dealkylation sites (tertiary alicyclic amines) is 1. The number of amides is 1. The number of carboxylic acid groups (broad SMARTS) is 1. The zero-order valence-corrected chi connectivity index (χ0v) is 13.5. The van der Waals surface area contributed by atoms with Crippen LogP contribution in [0.5, 0.6) is 0 Å². The highest BCUT2D eigenvalue weighted by atomic mass is 16.6. The van der Waals surface area contributed by atoms with Crippen LogP contribution in [0.4, 0.5) is 4.79 Å². The number of piperidine rings is 1. The number of aliphatic carboxylic acids is 1. The van der Waals surface area contributed by atoms with Gasteiger partial charge in [0.1, 0.15) is 11.1 Å². The molecule has 2 saturated carbocycles. The van der Waals surface area contributed by atoms with E-state index in [9.17, 15) is 14.7 Å². The minimum atomic E-state index is -1.09. The monoisotopic (exact) mass is 295 g/mol. The van der Waals surface area contributed by atoms with E-state index in [1.54, 1.807) is 0 Å². The minimum Gasteiger partial charge on any atom is -0.479 e. The lowest BCUT2D eigenvalue weighted by molar-refractivity contribution is -0.156. The Hall–Kier alpha value is -1.26. The van der Waals surface area contributed by atoms with E-state index < -0.39 is 23.2 Å². The standard InChI is InChI=1S/C16H25NO4/c1-13(2,3)21-12(20)17-9-14(4)10-6-7-15(14,5)16(17,8-10)11(18)19/h10H,6-9H2,1-5H3,(H,18,19)/t10-,14+,15-,16+/m0/s1. The van der Waals surface area contributed by atoms with E-state index in [2.05, 4.69) is 13.8 Å². The predicted molar refractivity (Wildman–Crippen MR) is 76.9 cm³/mol. The van der Waals surface area contributed by atoms with Crippen LogP contribution in [0.3, 0.4) is 0 Å². The molecule has 3 aliphatic rings. The second-order valence-corrected chi connectivity index (χ2v) is 8.42. The summed E-state index contributed by atoms with van der Waals surface area (Å²) in [6.07, 6.45) is 2.03. The number of hydrogen-bond acceptors (Lipinski definition) is 3. The molecule has 21 heavy (non-hydrogen) atoms. The van der Waals surface area contributed by atoms with Crippen molar-refractivity contribution in [3.63, 3.8) is 0 Å². The van der Waals surface area contributed by atoms with Gasteiger partial charge in [-0.1, -0.05) is 13.8 Å². The average molecular weight is 295 g/mol. The fourth-order valence-corrected chi connectivity index (χ4v) is 5.26. The van der Waals surface area contributed by atoms with Gasteiger partial charge in [0.05, 0.1) is 0 Å². The maximum Gasteiger partial charge on any atom is 0.411 e. The van der Waals surface area contributed by atoms with Gasteiger partial charge in [-0.05, 0) is 51.4 Å². The second kappa shape index (κ2) is 3.73. The number of ether oxygens (including phenoxy) is 1. The molecule has 2 aliphatic carbocycles. The summed E-state index contributed by atoms with van der Waals surface area (Å²) in [6.45, 7) is 10.1. The van der Waals surface area contributed by atoms with Crippen molar-refractivity contribution in [3.05, 3.63) is 0 Å². The molecule has 1 heterocycles. The summed E-state index contributed by atoms with van der Waals surface area (Å²) in [5.41, 5.74) is -2.16. The zero-order valence-electron chi connectivity index (χ0n) is 13.5. The molecule has 118 valence electrons. The first-order valence-corrected chi connectivity index (χ1v) is 7.72. The molecule has 5 heteroatoms. The smallest absolute Gasteiger partial charge is 0.411 e. The molecular formula is C16H25NO4. The van der Waals surface area contributed by atoms with Gasteiger partial charge >= 0.3 is 12.1 Å². The Bertz CT molecular complexity index is 525. The van der Waals surface area contributed by atoms with Gasteiger partial charge in [-0.3, -0.25) is 4.90 Å². The van der Waals surface area contributed by atoms with Gasteiger partial charge in [0.2, 0.25) is 0 Å². The molecule has 1 saturated heterocycles. The minimum absolute atomic E-state index is 0.109. The largest absolute Gasteiger partial charge is 0.479 e. The molecule has 1 N–H and O–H groups in total. The summed E-state index contributed by atoms with van der Waals surface area (Å²) < 4.78 is 5.47. The van der Waals surface area contributed by atoms with E-state index in [1.807, 2.05) is 20.8 Å². The first-order chi connectivity index (χ1) is 9.48. The second-order valence-electron chi connectivity index (χ2n) is 8.42. The molecular weight excluding hydrogens is 270 g/mol. The molecule has 3 fully saturated rings. The van der Waals surface area contributed by atoms with Crippen LogP contribution >= 0.6 is 0 Å². The molecule has 4 bridgehead atoms. The highest BCUT2D eigenvalue weighted by Crippen LogP contribution is 2.75. The summed E-state index contributed by atoms with van der Waals surface area (Å²) in [5.74, 6) is -0.473. The molecule has 0 radical (unpaired) electrons. The number of nitrogens with zero attached hydrogens (tertiary/aromatic N) is 1. The Morgan fingerprint density at radius 1 is 1.29 bits per heavy atom. The van der Waals surface area contributed by atoms with Gasteiger partial charge in [-0.25, -0.2) is 9.59 Å². The summed E-state index contributed by atoms with van der Waals surface area (Å²) in [4.78, 5) is 26.2. The molecule has 0 unspecified atom stereocenters. The van der Waals surface area contributed by atoms with Crippen molar-refractivity contribution in [2.75, 3.05) is 6.54 Å². The summed E-state index contributed by atoms with van der Waals surface area (Å²) >= 11 is 0. The maximum atomic E-state index is 12.6. The Labute approximate surface area is 125 Å². The molecule has 0 aromatic carbocycles. The topological polar surface area (TPSA) is 66.8 Å². The Balaban J connectivity index is 2.02. The van der Waals surface area contributed by atoms with Crippen LogP contribution in [0, 0.1) is 16.7 Å². The van der Waals surface area contributed by atoms with E-state index in [1.165, 1.54) is 4.90 Å².